The van der Waals surface area contributed by atoms with Crippen LogP contribution in [-0.4, -0.2) is 22.1 Å². The van der Waals surface area contributed by atoms with Crippen molar-refractivity contribution in [3.8, 4) is 0 Å². The summed E-state index contributed by atoms with van der Waals surface area (Å²) in [6, 6.07) is 14.8. The van der Waals surface area contributed by atoms with Crippen molar-refractivity contribution >= 4 is 28.2 Å². The first-order valence-corrected chi connectivity index (χ1v) is 7.97. The number of fused-ring (bicyclic) bond motifs is 4. The average Bonchev–Trinajstić information content (AvgIpc) is 2.98. The van der Waals surface area contributed by atoms with E-state index in [4.69, 9.17) is 4.74 Å². The first kappa shape index (κ1) is 14.1. The zero-order valence-corrected chi connectivity index (χ0v) is 13.1. The monoisotopic (exact) mass is 331 g/mol. The van der Waals surface area contributed by atoms with Gasteiger partial charge in [0.15, 0.2) is 6.23 Å². The van der Waals surface area contributed by atoms with E-state index in [-0.39, 0.29) is 22.7 Å². The Balaban J connectivity index is 1.64. The van der Waals surface area contributed by atoms with E-state index in [0.717, 1.165) is 11.3 Å². The molecule has 0 bridgehead atoms. The van der Waals surface area contributed by atoms with Crippen LogP contribution in [0, 0.1) is 0 Å². The van der Waals surface area contributed by atoms with Crippen LogP contribution >= 0.6 is 0 Å². The second-order valence-corrected chi connectivity index (χ2v) is 6.02. The van der Waals surface area contributed by atoms with Crippen molar-refractivity contribution in [2.45, 2.75) is 12.8 Å². The van der Waals surface area contributed by atoms with E-state index in [0.29, 0.717) is 17.6 Å². The predicted molar refractivity (Wildman–Crippen MR) is 92.8 cm³/mol. The molecule has 0 aliphatic carbocycles. The molecule has 3 heterocycles. The van der Waals surface area contributed by atoms with E-state index in [1.807, 2.05) is 36.4 Å². The van der Waals surface area contributed by atoms with Gasteiger partial charge in [-0.1, -0.05) is 30.3 Å². The van der Waals surface area contributed by atoms with Crippen LogP contribution < -0.4 is 10.5 Å². The van der Waals surface area contributed by atoms with Crippen molar-refractivity contribution in [1.29, 1.82) is 0 Å². The minimum absolute atomic E-state index is 0.124. The summed E-state index contributed by atoms with van der Waals surface area (Å²) in [6.07, 6.45) is 1.16. The van der Waals surface area contributed by atoms with Crippen LogP contribution in [0.2, 0.25) is 0 Å². The van der Waals surface area contributed by atoms with Gasteiger partial charge in [0.1, 0.15) is 5.69 Å². The summed E-state index contributed by atoms with van der Waals surface area (Å²) < 4.78 is 5.77. The minimum Gasteiger partial charge on any atom is -0.349 e. The summed E-state index contributed by atoms with van der Waals surface area (Å²) in [5.41, 5.74) is 3.05. The highest BCUT2D eigenvalue weighted by Crippen LogP contribution is 2.36. The van der Waals surface area contributed by atoms with E-state index < -0.39 is 6.23 Å². The Morgan fingerprint density at radius 1 is 1.08 bits per heavy atom. The number of hydrogen-bond donors (Lipinski definition) is 1. The lowest BCUT2D eigenvalue weighted by Crippen LogP contribution is -2.40. The number of carbonyl (C=O) groups excluding carboxylic acids is 1. The number of aromatic amines is 1. The zero-order valence-electron chi connectivity index (χ0n) is 13.1. The first-order chi connectivity index (χ1) is 12.2. The molecule has 3 aromatic rings. The number of hydrogen-bond acceptors (Lipinski definition) is 4. The normalized spacial score (nSPS) is 18.9. The van der Waals surface area contributed by atoms with Crippen LogP contribution in [0.3, 0.4) is 0 Å². The SMILES string of the molecule is O=C1C(c2nc3ccccc3[nH]c2=O)=CC2OCc3ccccc3N12. The maximum absolute atomic E-state index is 13.0. The van der Waals surface area contributed by atoms with Crippen molar-refractivity contribution in [3.63, 3.8) is 0 Å². The molecule has 1 atom stereocenters. The predicted octanol–water partition coefficient (Wildman–Crippen LogP) is 2.21. The van der Waals surface area contributed by atoms with Gasteiger partial charge in [0.2, 0.25) is 0 Å². The molecule has 1 N–H and O–H groups in total. The van der Waals surface area contributed by atoms with Gasteiger partial charge in [-0.25, -0.2) is 4.98 Å². The number of H-pyrrole nitrogens is 1. The van der Waals surface area contributed by atoms with Crippen molar-refractivity contribution in [1.82, 2.24) is 9.97 Å². The zero-order chi connectivity index (χ0) is 17.0. The molecule has 6 nitrogen and oxygen atoms in total. The van der Waals surface area contributed by atoms with E-state index in [1.165, 1.54) is 0 Å². The number of benzene rings is 2. The Morgan fingerprint density at radius 3 is 2.80 bits per heavy atom. The van der Waals surface area contributed by atoms with E-state index in [2.05, 4.69) is 9.97 Å². The van der Waals surface area contributed by atoms with Crippen LogP contribution in [0.25, 0.3) is 16.6 Å². The van der Waals surface area contributed by atoms with E-state index in [1.54, 1.807) is 23.1 Å². The van der Waals surface area contributed by atoms with E-state index in [9.17, 15) is 9.59 Å². The molecule has 0 spiro atoms. The maximum atomic E-state index is 13.0. The highest BCUT2D eigenvalue weighted by Gasteiger charge is 2.39. The fraction of sp³-hybridized carbons (Fsp3) is 0.105. The highest BCUT2D eigenvalue weighted by atomic mass is 16.5. The topological polar surface area (TPSA) is 75.3 Å². The summed E-state index contributed by atoms with van der Waals surface area (Å²) in [5.74, 6) is -0.273. The molecule has 1 unspecified atom stereocenters. The number of anilines is 1. The van der Waals surface area contributed by atoms with Gasteiger partial charge >= 0.3 is 0 Å². The molecule has 1 aromatic heterocycles. The van der Waals surface area contributed by atoms with Crippen LogP contribution in [0.1, 0.15) is 11.3 Å². The maximum Gasteiger partial charge on any atom is 0.275 e. The Bertz CT molecular complexity index is 1120. The number of nitrogens with one attached hydrogen (secondary N) is 1. The molecule has 2 aliphatic rings. The third-order valence-electron chi connectivity index (χ3n) is 4.53. The van der Waals surface area contributed by atoms with Gasteiger partial charge in [-0.15, -0.1) is 0 Å². The quantitative estimate of drug-likeness (QED) is 0.742. The number of amides is 1. The molecular weight excluding hydrogens is 318 g/mol. The third kappa shape index (κ3) is 2.04. The van der Waals surface area contributed by atoms with E-state index >= 15 is 0 Å². The molecular formula is C19H13N3O3. The lowest BCUT2D eigenvalue weighted by atomic mass is 10.1. The van der Waals surface area contributed by atoms with Crippen molar-refractivity contribution < 1.29 is 9.53 Å². The van der Waals surface area contributed by atoms with Gasteiger partial charge in [0, 0.05) is 5.56 Å². The number of para-hydroxylation sites is 3. The summed E-state index contributed by atoms with van der Waals surface area (Å²) >= 11 is 0. The van der Waals surface area contributed by atoms with Gasteiger partial charge in [0.05, 0.1) is 28.9 Å². The molecule has 5 rings (SSSR count). The second-order valence-electron chi connectivity index (χ2n) is 6.02. The number of carbonyl (C=O) groups is 1. The van der Waals surface area contributed by atoms with Crippen LogP contribution in [0.5, 0.6) is 0 Å². The number of ether oxygens (including phenoxy) is 1. The van der Waals surface area contributed by atoms with Crippen molar-refractivity contribution in [3.05, 3.63) is 76.2 Å². The van der Waals surface area contributed by atoms with Gasteiger partial charge in [0.25, 0.3) is 11.5 Å². The number of rotatable bonds is 1. The molecule has 2 aromatic carbocycles. The van der Waals surface area contributed by atoms with Gasteiger partial charge in [-0.3, -0.25) is 14.5 Å². The summed E-state index contributed by atoms with van der Waals surface area (Å²) in [7, 11) is 0. The molecule has 0 radical (unpaired) electrons. The Kier molecular flexibility index (Phi) is 2.89. The summed E-state index contributed by atoms with van der Waals surface area (Å²) in [6.45, 7) is 0.426. The molecule has 0 fully saturated rings. The van der Waals surface area contributed by atoms with Gasteiger partial charge in [-0.2, -0.15) is 0 Å². The van der Waals surface area contributed by atoms with Crippen molar-refractivity contribution in [2.75, 3.05) is 4.90 Å². The Morgan fingerprint density at radius 2 is 1.88 bits per heavy atom. The number of nitrogens with zero attached hydrogens (tertiary/aromatic N) is 2. The van der Waals surface area contributed by atoms with Gasteiger partial charge in [-0.05, 0) is 24.3 Å². The van der Waals surface area contributed by atoms with Crippen LogP contribution in [0.4, 0.5) is 5.69 Å². The molecule has 122 valence electrons. The molecule has 2 aliphatic heterocycles. The third-order valence-corrected chi connectivity index (χ3v) is 4.53. The average molecular weight is 331 g/mol. The van der Waals surface area contributed by atoms with Crippen LogP contribution in [0.15, 0.2) is 59.4 Å². The molecule has 1 amide bonds. The molecule has 0 saturated carbocycles. The minimum atomic E-state index is -0.509. The highest BCUT2D eigenvalue weighted by molar-refractivity contribution is 6.29. The second kappa shape index (κ2) is 5.12. The summed E-state index contributed by atoms with van der Waals surface area (Å²) in [4.78, 5) is 34.2. The standard InChI is InChI=1S/C19H13N3O3/c23-18-17(20-13-6-2-3-7-14(13)21-18)12-9-16-22(19(12)24)15-8-4-1-5-11(15)10-25-16/h1-9,16H,10H2,(H,21,23). The fourth-order valence-electron chi connectivity index (χ4n) is 3.34. The lowest BCUT2D eigenvalue weighted by molar-refractivity contribution is -0.114. The lowest BCUT2D eigenvalue weighted by Gasteiger charge is -2.31. The fourth-order valence-corrected chi connectivity index (χ4v) is 3.34. The molecule has 0 saturated heterocycles. The molecule has 25 heavy (non-hydrogen) atoms. The summed E-state index contributed by atoms with van der Waals surface area (Å²) in [5, 5.41) is 0. The number of aromatic nitrogens is 2. The van der Waals surface area contributed by atoms with Gasteiger partial charge < -0.3 is 9.72 Å². The molecule has 6 heteroatoms. The first-order valence-electron chi connectivity index (χ1n) is 7.97. The van der Waals surface area contributed by atoms with Crippen molar-refractivity contribution in [2.24, 2.45) is 0 Å². The smallest absolute Gasteiger partial charge is 0.275 e. The Labute approximate surface area is 142 Å². The Hall–Kier alpha value is -3.25. The largest absolute Gasteiger partial charge is 0.349 e. The van der Waals surface area contributed by atoms with Crippen LogP contribution in [-0.2, 0) is 16.1 Å².